The van der Waals surface area contributed by atoms with E-state index >= 15 is 4.39 Å². The number of hydrogen-bond acceptors (Lipinski definition) is 8. The van der Waals surface area contributed by atoms with Crippen LogP contribution in [0.5, 0.6) is 5.75 Å². The Morgan fingerprint density at radius 1 is 1.06 bits per heavy atom. The summed E-state index contributed by atoms with van der Waals surface area (Å²) in [6.45, 7) is 15.3. The van der Waals surface area contributed by atoms with Crippen LogP contribution in [0.4, 0.5) is 10.1 Å². The number of halogens is 1. The lowest BCUT2D eigenvalue weighted by atomic mass is 9.86. The maximum absolute atomic E-state index is 15.8. The maximum Gasteiger partial charge on any atom is 0.337 e. The summed E-state index contributed by atoms with van der Waals surface area (Å²) in [6, 6.07) is 6.29. The van der Waals surface area contributed by atoms with Gasteiger partial charge in [0.25, 0.3) is 0 Å². The van der Waals surface area contributed by atoms with Crippen LogP contribution in [0, 0.1) is 19.7 Å². The van der Waals surface area contributed by atoms with Gasteiger partial charge in [0.1, 0.15) is 5.65 Å². The molecule has 2 fully saturated rings. The largest absolute Gasteiger partial charge is 0.490 e. The molecule has 0 amide bonds. The molecule has 266 valence electrons. The van der Waals surface area contributed by atoms with Gasteiger partial charge in [0.05, 0.1) is 29.8 Å². The number of carboxylic acid groups (broad SMARTS) is 1. The van der Waals surface area contributed by atoms with Crippen LogP contribution in [-0.2, 0) is 27.7 Å². The number of aryl methyl sites for hydroxylation is 2. The van der Waals surface area contributed by atoms with Gasteiger partial charge in [0, 0.05) is 92.0 Å². The Morgan fingerprint density at radius 2 is 1.80 bits per heavy atom. The molecule has 0 aliphatic carbocycles. The van der Waals surface area contributed by atoms with E-state index in [9.17, 15) is 9.90 Å². The van der Waals surface area contributed by atoms with Crippen molar-refractivity contribution < 1.29 is 28.5 Å². The molecule has 1 N–H and O–H groups in total. The molecule has 3 aliphatic rings. The minimum atomic E-state index is -1.33. The van der Waals surface area contributed by atoms with Gasteiger partial charge < -0.3 is 28.8 Å². The molecule has 4 aromatic rings. The molecule has 2 saturated heterocycles. The third-order valence-electron chi connectivity index (χ3n) is 10.5. The van der Waals surface area contributed by atoms with Crippen LogP contribution < -0.4 is 9.64 Å². The summed E-state index contributed by atoms with van der Waals surface area (Å²) >= 11 is 0. The van der Waals surface area contributed by atoms with Crippen LogP contribution >= 0.6 is 0 Å². The molecule has 3 aromatic heterocycles. The van der Waals surface area contributed by atoms with Crippen molar-refractivity contribution in [1.29, 1.82) is 0 Å². The Labute approximate surface area is 293 Å². The number of carbonyl (C=O) groups is 1. The van der Waals surface area contributed by atoms with E-state index < -0.39 is 23.5 Å². The number of anilines is 1. The number of aromatic nitrogens is 3. The molecule has 0 saturated carbocycles. The monoisotopic (exact) mass is 685 g/mol. The highest BCUT2D eigenvalue weighted by atomic mass is 19.1. The van der Waals surface area contributed by atoms with Gasteiger partial charge in [-0.25, -0.2) is 14.2 Å². The van der Waals surface area contributed by atoms with Crippen LogP contribution in [0.25, 0.3) is 33.4 Å². The Kier molecular flexibility index (Phi) is 9.34. The van der Waals surface area contributed by atoms with E-state index in [1.54, 1.807) is 0 Å². The SMILES string of the molecule is Cc1nc2c(cc(-c3cncc(N4CCN(C5CCOCC5)CC4)c3)n2C)c(-c2cc(F)c3c(c2C)CCCO3)c1[C@H](OC(C)(C)C)C(=O)O. The van der Waals surface area contributed by atoms with Crippen LogP contribution in [0.2, 0.25) is 0 Å². The number of pyridine rings is 2. The standard InChI is InChI=1S/C39H48FN5O5/c1-23-28-8-7-15-49-35(28)31(40)19-29(23)34-30-20-32(43(6)37(30)42-24(2)33(34)36(38(46)47)50-39(3,4)5)25-18-27(22-41-21-25)45-13-11-44(12-14-45)26-9-16-48-17-10-26/h18-22,26,36H,7-17H2,1-6H3,(H,46,47)/t36-/m0/s1. The topological polar surface area (TPSA) is 102 Å². The molecule has 3 aliphatic heterocycles. The average Bonchev–Trinajstić information content (AvgIpc) is 3.43. The van der Waals surface area contributed by atoms with Gasteiger partial charge in [-0.1, -0.05) is 0 Å². The fourth-order valence-electron chi connectivity index (χ4n) is 7.99. The summed E-state index contributed by atoms with van der Waals surface area (Å²) in [4.78, 5) is 27.6. The predicted molar refractivity (Wildman–Crippen MR) is 191 cm³/mol. The second-order valence-electron chi connectivity index (χ2n) is 14.8. The van der Waals surface area contributed by atoms with Crippen molar-refractivity contribution in [3.8, 4) is 28.1 Å². The Balaban J connectivity index is 1.35. The van der Waals surface area contributed by atoms with E-state index in [2.05, 4.69) is 20.9 Å². The molecule has 0 unspecified atom stereocenters. The van der Waals surface area contributed by atoms with Crippen molar-refractivity contribution in [2.45, 2.75) is 78.0 Å². The lowest BCUT2D eigenvalue weighted by Gasteiger charge is -2.41. The van der Waals surface area contributed by atoms with E-state index in [4.69, 9.17) is 19.2 Å². The summed E-state index contributed by atoms with van der Waals surface area (Å²) < 4.78 is 35.4. The molecule has 7 rings (SSSR count). The number of ether oxygens (including phenoxy) is 3. The smallest absolute Gasteiger partial charge is 0.337 e. The highest BCUT2D eigenvalue weighted by molar-refractivity contribution is 6.01. The molecule has 0 bridgehead atoms. The van der Waals surface area contributed by atoms with E-state index in [0.717, 1.165) is 92.1 Å². The zero-order chi connectivity index (χ0) is 35.3. The number of benzene rings is 1. The molecule has 10 nitrogen and oxygen atoms in total. The minimum Gasteiger partial charge on any atom is -0.490 e. The van der Waals surface area contributed by atoms with Crippen molar-refractivity contribution in [2.24, 2.45) is 7.05 Å². The summed E-state index contributed by atoms with van der Waals surface area (Å²) in [6.07, 6.45) is 6.09. The van der Waals surface area contributed by atoms with Gasteiger partial charge in [-0.3, -0.25) is 9.88 Å². The molecular weight excluding hydrogens is 637 g/mol. The van der Waals surface area contributed by atoms with Crippen molar-refractivity contribution in [3.05, 3.63) is 58.8 Å². The van der Waals surface area contributed by atoms with Crippen LogP contribution in [0.3, 0.4) is 0 Å². The Hall–Kier alpha value is -4.06. The first-order valence-corrected chi connectivity index (χ1v) is 17.8. The second kappa shape index (κ2) is 13.6. The fourth-order valence-corrected chi connectivity index (χ4v) is 7.99. The number of carboxylic acids is 1. The minimum absolute atomic E-state index is 0.284. The Bertz CT molecular complexity index is 1920. The number of aliphatic carboxylic acids is 1. The van der Waals surface area contributed by atoms with Crippen LogP contribution in [0.1, 0.15) is 68.5 Å². The maximum atomic E-state index is 15.8. The van der Waals surface area contributed by atoms with Gasteiger partial charge in [0.2, 0.25) is 0 Å². The van der Waals surface area contributed by atoms with Gasteiger partial charge >= 0.3 is 5.97 Å². The van der Waals surface area contributed by atoms with Crippen molar-refractivity contribution in [1.82, 2.24) is 19.4 Å². The number of hydrogen-bond donors (Lipinski definition) is 1. The van der Waals surface area contributed by atoms with E-state index in [1.165, 1.54) is 6.07 Å². The predicted octanol–water partition coefficient (Wildman–Crippen LogP) is 6.63. The number of piperazine rings is 1. The summed E-state index contributed by atoms with van der Waals surface area (Å²) in [7, 11) is 1.96. The summed E-state index contributed by atoms with van der Waals surface area (Å²) in [5, 5.41) is 11.3. The van der Waals surface area contributed by atoms with Crippen molar-refractivity contribution in [2.75, 3.05) is 50.9 Å². The van der Waals surface area contributed by atoms with Gasteiger partial charge in [-0.15, -0.1) is 0 Å². The normalized spacial score (nSPS) is 18.3. The highest BCUT2D eigenvalue weighted by Crippen LogP contribution is 2.45. The lowest BCUT2D eigenvalue weighted by Crippen LogP contribution is -2.51. The number of nitrogens with zero attached hydrogens (tertiary/aromatic N) is 5. The first-order chi connectivity index (χ1) is 23.9. The van der Waals surface area contributed by atoms with E-state index in [-0.39, 0.29) is 5.75 Å². The zero-order valence-electron chi connectivity index (χ0n) is 30.0. The molecule has 50 heavy (non-hydrogen) atoms. The molecule has 0 spiro atoms. The van der Waals surface area contributed by atoms with Crippen LogP contribution in [-0.4, -0.2) is 88.2 Å². The number of fused-ring (bicyclic) bond motifs is 2. The summed E-state index contributed by atoms with van der Waals surface area (Å²) in [5.74, 6) is -1.30. The molecule has 6 heterocycles. The third kappa shape index (κ3) is 6.47. The van der Waals surface area contributed by atoms with Crippen LogP contribution in [0.15, 0.2) is 30.6 Å². The Morgan fingerprint density at radius 3 is 2.50 bits per heavy atom. The van der Waals surface area contributed by atoms with Gasteiger partial charge in [-0.05, 0) is 89.6 Å². The second-order valence-corrected chi connectivity index (χ2v) is 14.8. The van der Waals surface area contributed by atoms with Crippen molar-refractivity contribution in [3.63, 3.8) is 0 Å². The molecular formula is C39H48FN5O5. The first-order valence-electron chi connectivity index (χ1n) is 17.8. The molecule has 0 radical (unpaired) electrons. The quantitative estimate of drug-likeness (QED) is 0.230. The van der Waals surface area contributed by atoms with E-state index in [0.29, 0.717) is 47.1 Å². The van der Waals surface area contributed by atoms with E-state index in [1.807, 2.05) is 64.7 Å². The fraction of sp³-hybridized carbons (Fsp3) is 0.513. The molecule has 11 heteroatoms. The lowest BCUT2D eigenvalue weighted by molar-refractivity contribution is -0.160. The summed E-state index contributed by atoms with van der Waals surface area (Å²) in [5.41, 5.74) is 6.60. The van der Waals surface area contributed by atoms with Gasteiger partial charge in [0.15, 0.2) is 17.7 Å². The highest BCUT2D eigenvalue weighted by Gasteiger charge is 2.35. The molecule has 1 atom stereocenters. The zero-order valence-corrected chi connectivity index (χ0v) is 30.0. The first kappa shape index (κ1) is 34.4. The molecule has 1 aromatic carbocycles. The third-order valence-corrected chi connectivity index (χ3v) is 10.5. The van der Waals surface area contributed by atoms with Crippen molar-refractivity contribution >= 4 is 22.7 Å². The van der Waals surface area contributed by atoms with Gasteiger partial charge in [-0.2, -0.15) is 0 Å². The number of rotatable bonds is 7. The average molecular weight is 686 g/mol.